The average Bonchev–Trinajstić information content (AvgIpc) is 2.76. The van der Waals surface area contributed by atoms with Gasteiger partial charge >= 0.3 is 0 Å². The number of hydrogen-bond acceptors (Lipinski definition) is 3. The van der Waals surface area contributed by atoms with Crippen LogP contribution in [0.3, 0.4) is 0 Å². The van der Waals surface area contributed by atoms with Gasteiger partial charge in [0.2, 0.25) is 0 Å². The molecule has 2 aromatic rings. The Morgan fingerprint density at radius 1 is 1.19 bits per heavy atom. The monoisotopic (exact) mass is 287 g/mol. The minimum atomic E-state index is 0.328. The summed E-state index contributed by atoms with van der Waals surface area (Å²) in [5.41, 5.74) is 8.15. The van der Waals surface area contributed by atoms with Gasteiger partial charge in [0, 0.05) is 18.0 Å². The molecule has 4 nitrogen and oxygen atoms in total. The predicted molar refractivity (Wildman–Crippen MR) is 87.6 cm³/mol. The topological polar surface area (TPSA) is 53.1 Å². The molecule has 0 unspecified atom stereocenters. The Labute approximate surface area is 127 Å². The molecule has 0 amide bonds. The van der Waals surface area contributed by atoms with Crippen molar-refractivity contribution < 1.29 is 4.74 Å². The van der Waals surface area contributed by atoms with E-state index in [1.54, 1.807) is 7.11 Å². The van der Waals surface area contributed by atoms with E-state index in [1.807, 2.05) is 24.3 Å². The maximum absolute atomic E-state index is 6.39. The summed E-state index contributed by atoms with van der Waals surface area (Å²) in [4.78, 5) is 4.80. The standard InChI is InChI=1S/C17H25N3O/c1-11(2)10-20-16(18)15(19-17(20)12(3)4)13-8-6-7-9-14(13)21-5/h6-9,11-12H,10,18H2,1-5H3. The zero-order valence-corrected chi connectivity index (χ0v) is 13.6. The molecule has 0 saturated carbocycles. The molecule has 114 valence electrons. The number of hydrogen-bond donors (Lipinski definition) is 1. The van der Waals surface area contributed by atoms with E-state index in [0.29, 0.717) is 11.8 Å². The van der Waals surface area contributed by atoms with Crippen LogP contribution in [-0.4, -0.2) is 16.7 Å². The van der Waals surface area contributed by atoms with Crippen LogP contribution in [0.4, 0.5) is 5.82 Å². The Hall–Kier alpha value is -1.97. The second-order valence-electron chi connectivity index (χ2n) is 6.06. The van der Waals surface area contributed by atoms with Gasteiger partial charge in [0.15, 0.2) is 0 Å². The molecule has 0 aliphatic carbocycles. The zero-order chi connectivity index (χ0) is 15.6. The molecule has 1 aromatic carbocycles. The van der Waals surface area contributed by atoms with Gasteiger partial charge in [0.1, 0.15) is 23.1 Å². The number of nitrogens with zero attached hydrogens (tertiary/aromatic N) is 2. The molecule has 0 spiro atoms. The van der Waals surface area contributed by atoms with Crippen LogP contribution in [0.5, 0.6) is 5.75 Å². The van der Waals surface area contributed by atoms with Crippen LogP contribution in [0, 0.1) is 5.92 Å². The smallest absolute Gasteiger partial charge is 0.131 e. The molecule has 0 fully saturated rings. The van der Waals surface area contributed by atoms with Crippen LogP contribution in [0.2, 0.25) is 0 Å². The number of rotatable bonds is 5. The molecule has 1 heterocycles. The SMILES string of the molecule is COc1ccccc1-c1nc(C(C)C)n(CC(C)C)c1N. The lowest BCUT2D eigenvalue weighted by atomic mass is 10.1. The number of imidazole rings is 1. The van der Waals surface area contributed by atoms with Crippen LogP contribution in [-0.2, 0) is 6.54 Å². The van der Waals surface area contributed by atoms with E-state index < -0.39 is 0 Å². The van der Waals surface area contributed by atoms with Crippen molar-refractivity contribution in [3.8, 4) is 17.0 Å². The average molecular weight is 287 g/mol. The second kappa shape index (κ2) is 6.20. The molecular weight excluding hydrogens is 262 g/mol. The van der Waals surface area contributed by atoms with Crippen molar-refractivity contribution >= 4 is 5.82 Å². The Bertz CT molecular complexity index is 614. The first-order valence-electron chi connectivity index (χ1n) is 7.45. The normalized spacial score (nSPS) is 11.4. The lowest BCUT2D eigenvalue weighted by molar-refractivity contribution is 0.416. The molecule has 21 heavy (non-hydrogen) atoms. The molecule has 1 aromatic heterocycles. The fourth-order valence-electron chi connectivity index (χ4n) is 2.52. The van der Waals surface area contributed by atoms with Gasteiger partial charge in [-0.15, -0.1) is 0 Å². The number of aromatic nitrogens is 2. The summed E-state index contributed by atoms with van der Waals surface area (Å²) >= 11 is 0. The molecule has 0 radical (unpaired) electrons. The highest BCUT2D eigenvalue weighted by molar-refractivity contribution is 5.76. The number of methoxy groups -OCH3 is 1. The molecule has 0 aliphatic heterocycles. The Balaban J connectivity index is 2.59. The van der Waals surface area contributed by atoms with Gasteiger partial charge in [0.25, 0.3) is 0 Å². The van der Waals surface area contributed by atoms with E-state index in [1.165, 1.54) is 0 Å². The van der Waals surface area contributed by atoms with Crippen molar-refractivity contribution in [1.82, 2.24) is 9.55 Å². The van der Waals surface area contributed by atoms with E-state index in [0.717, 1.165) is 35.2 Å². The number of nitrogen functional groups attached to an aromatic ring is 1. The van der Waals surface area contributed by atoms with Crippen molar-refractivity contribution in [2.24, 2.45) is 5.92 Å². The fourth-order valence-corrected chi connectivity index (χ4v) is 2.52. The highest BCUT2D eigenvalue weighted by Gasteiger charge is 2.20. The number of anilines is 1. The lowest BCUT2D eigenvalue weighted by Gasteiger charge is -2.14. The molecule has 0 bridgehead atoms. The van der Waals surface area contributed by atoms with Crippen molar-refractivity contribution in [1.29, 1.82) is 0 Å². The summed E-state index contributed by atoms with van der Waals surface area (Å²) in [6.07, 6.45) is 0. The molecule has 2 N–H and O–H groups in total. The van der Waals surface area contributed by atoms with Crippen molar-refractivity contribution in [2.45, 2.75) is 40.2 Å². The summed E-state index contributed by atoms with van der Waals surface area (Å²) in [5.74, 6) is 3.40. The second-order valence-corrected chi connectivity index (χ2v) is 6.06. The first kappa shape index (κ1) is 15.4. The van der Waals surface area contributed by atoms with Crippen LogP contribution < -0.4 is 10.5 Å². The number of benzene rings is 1. The predicted octanol–water partition coefficient (Wildman–Crippen LogP) is 3.92. The van der Waals surface area contributed by atoms with Gasteiger partial charge in [-0.1, -0.05) is 39.8 Å². The van der Waals surface area contributed by atoms with E-state index >= 15 is 0 Å². The minimum absolute atomic E-state index is 0.328. The molecule has 4 heteroatoms. The van der Waals surface area contributed by atoms with E-state index in [4.69, 9.17) is 15.5 Å². The maximum Gasteiger partial charge on any atom is 0.131 e. The zero-order valence-electron chi connectivity index (χ0n) is 13.6. The summed E-state index contributed by atoms with van der Waals surface area (Å²) in [7, 11) is 1.67. The van der Waals surface area contributed by atoms with Gasteiger partial charge in [-0.25, -0.2) is 4.98 Å². The fraction of sp³-hybridized carbons (Fsp3) is 0.471. The minimum Gasteiger partial charge on any atom is -0.496 e. The summed E-state index contributed by atoms with van der Waals surface area (Å²) in [6, 6.07) is 7.87. The van der Waals surface area contributed by atoms with Crippen LogP contribution in [0.25, 0.3) is 11.3 Å². The Morgan fingerprint density at radius 3 is 2.43 bits per heavy atom. The van der Waals surface area contributed by atoms with Crippen LogP contribution in [0.15, 0.2) is 24.3 Å². The van der Waals surface area contributed by atoms with Crippen molar-refractivity contribution in [3.05, 3.63) is 30.1 Å². The third-order valence-corrected chi connectivity index (χ3v) is 3.46. The third-order valence-electron chi connectivity index (χ3n) is 3.46. The number of nitrogens with two attached hydrogens (primary N) is 1. The highest BCUT2D eigenvalue weighted by atomic mass is 16.5. The van der Waals surface area contributed by atoms with E-state index in [9.17, 15) is 0 Å². The molecular formula is C17H25N3O. The van der Waals surface area contributed by atoms with Crippen molar-refractivity contribution in [3.63, 3.8) is 0 Å². The van der Waals surface area contributed by atoms with Gasteiger partial charge in [-0.05, 0) is 18.1 Å². The summed E-state index contributed by atoms with van der Waals surface area (Å²) in [6.45, 7) is 9.54. The Morgan fingerprint density at radius 2 is 1.86 bits per heavy atom. The largest absolute Gasteiger partial charge is 0.496 e. The van der Waals surface area contributed by atoms with Gasteiger partial charge in [-0.2, -0.15) is 0 Å². The first-order valence-corrected chi connectivity index (χ1v) is 7.45. The molecule has 2 rings (SSSR count). The quantitative estimate of drug-likeness (QED) is 0.906. The maximum atomic E-state index is 6.39. The highest BCUT2D eigenvalue weighted by Crippen LogP contribution is 2.35. The van der Waals surface area contributed by atoms with Crippen molar-refractivity contribution in [2.75, 3.05) is 12.8 Å². The first-order chi connectivity index (χ1) is 9.95. The van der Waals surface area contributed by atoms with E-state index in [2.05, 4.69) is 32.3 Å². The number of ether oxygens (including phenoxy) is 1. The van der Waals surface area contributed by atoms with Crippen LogP contribution in [0.1, 0.15) is 39.4 Å². The van der Waals surface area contributed by atoms with Gasteiger partial charge < -0.3 is 15.0 Å². The Kier molecular flexibility index (Phi) is 4.56. The lowest BCUT2D eigenvalue weighted by Crippen LogP contribution is -2.12. The van der Waals surface area contributed by atoms with E-state index in [-0.39, 0.29) is 0 Å². The van der Waals surface area contributed by atoms with Gasteiger partial charge in [0.05, 0.1) is 7.11 Å². The number of para-hydroxylation sites is 1. The summed E-state index contributed by atoms with van der Waals surface area (Å²) in [5, 5.41) is 0. The molecule has 0 saturated heterocycles. The van der Waals surface area contributed by atoms with Gasteiger partial charge in [-0.3, -0.25) is 0 Å². The molecule has 0 aliphatic rings. The van der Waals surface area contributed by atoms with Crippen LogP contribution >= 0.6 is 0 Å². The third kappa shape index (κ3) is 3.04. The summed E-state index contributed by atoms with van der Waals surface area (Å²) < 4.78 is 7.58. The molecule has 0 atom stereocenters.